The summed E-state index contributed by atoms with van der Waals surface area (Å²) in [6.07, 6.45) is 4.13. The van der Waals surface area contributed by atoms with Crippen LogP contribution >= 0.6 is 0 Å². The van der Waals surface area contributed by atoms with Gasteiger partial charge in [0, 0.05) is 11.8 Å². The van der Waals surface area contributed by atoms with Crippen LogP contribution in [0.5, 0.6) is 0 Å². The predicted molar refractivity (Wildman–Crippen MR) is 61.6 cm³/mol. The maximum Gasteiger partial charge on any atom is 0.0702 e. The molecule has 0 amide bonds. The maximum absolute atomic E-state index is 7.88. The van der Waals surface area contributed by atoms with E-state index in [1.54, 1.807) is 12.3 Å². The van der Waals surface area contributed by atoms with Gasteiger partial charge in [0.25, 0.3) is 0 Å². The first kappa shape index (κ1) is 6.78. The number of nitrogens with zero attached hydrogens (tertiary/aromatic N) is 1. The number of hydrogen-bond donors (Lipinski definition) is 0. The van der Waals surface area contributed by atoms with Crippen LogP contribution in [0.3, 0.4) is 0 Å². The fourth-order valence-corrected chi connectivity index (χ4v) is 1.79. The van der Waals surface area contributed by atoms with Crippen molar-refractivity contribution < 1.29 is 2.74 Å². The Balaban J connectivity index is 2.08. The summed E-state index contributed by atoms with van der Waals surface area (Å²) in [7, 11) is 0. The van der Waals surface area contributed by atoms with Gasteiger partial charge in [-0.25, -0.2) is 0 Å². The van der Waals surface area contributed by atoms with Crippen molar-refractivity contribution in [1.29, 1.82) is 0 Å². The number of pyridine rings is 1. The minimum absolute atomic E-state index is 0.209. The summed E-state index contributed by atoms with van der Waals surface area (Å²) >= 11 is 0. The fourth-order valence-electron chi connectivity index (χ4n) is 1.79. The van der Waals surface area contributed by atoms with Crippen LogP contribution in [0.2, 0.25) is 0 Å². The molecular formula is C14H13N. The summed E-state index contributed by atoms with van der Waals surface area (Å²) in [6.45, 7) is 0. The molecule has 2 aromatic rings. The van der Waals surface area contributed by atoms with E-state index < -0.39 is 0 Å². The Kier molecular flexibility index (Phi) is 1.58. The zero-order chi connectivity index (χ0) is 11.8. The molecule has 0 bridgehead atoms. The monoisotopic (exact) mass is 197 g/mol. The van der Waals surface area contributed by atoms with Crippen molar-refractivity contribution in [3.05, 3.63) is 54.2 Å². The van der Waals surface area contributed by atoms with Crippen LogP contribution in [0.25, 0.3) is 11.3 Å². The topological polar surface area (TPSA) is 12.9 Å². The van der Waals surface area contributed by atoms with E-state index in [2.05, 4.69) is 17.1 Å². The molecule has 0 radical (unpaired) electrons. The largest absolute Gasteiger partial charge is 0.256 e. The Labute approximate surface area is 92.6 Å². The van der Waals surface area contributed by atoms with Gasteiger partial charge in [0.2, 0.25) is 0 Å². The molecule has 1 fully saturated rings. The van der Waals surface area contributed by atoms with E-state index in [4.69, 9.17) is 2.74 Å². The van der Waals surface area contributed by atoms with Crippen LogP contribution in [-0.2, 0) is 0 Å². The van der Waals surface area contributed by atoms with Gasteiger partial charge >= 0.3 is 0 Å². The van der Waals surface area contributed by atoms with Crippen LogP contribution < -0.4 is 0 Å². The average Bonchev–Trinajstić information content (AvgIpc) is 3.17. The first-order valence-corrected chi connectivity index (χ1v) is 5.28. The van der Waals surface area contributed by atoms with Gasteiger partial charge < -0.3 is 0 Å². The fraction of sp³-hybridized carbons (Fsp3) is 0.214. The van der Waals surface area contributed by atoms with E-state index in [-0.39, 0.29) is 12.1 Å². The van der Waals surface area contributed by atoms with E-state index in [1.807, 2.05) is 12.1 Å². The molecule has 1 heterocycles. The second-order valence-electron chi connectivity index (χ2n) is 3.96. The predicted octanol–water partition coefficient (Wildman–Crippen LogP) is 3.63. The van der Waals surface area contributed by atoms with Gasteiger partial charge in [-0.2, -0.15) is 0 Å². The molecule has 74 valence electrons. The van der Waals surface area contributed by atoms with Crippen LogP contribution in [0.15, 0.2) is 48.6 Å². The highest BCUT2D eigenvalue weighted by atomic mass is 14.7. The lowest BCUT2D eigenvalue weighted by molar-refractivity contribution is 1.13. The molecule has 3 rings (SSSR count). The highest BCUT2D eigenvalue weighted by molar-refractivity contribution is 5.60. The Morgan fingerprint density at radius 1 is 1.27 bits per heavy atom. The summed E-state index contributed by atoms with van der Waals surface area (Å²) in [5, 5.41) is 0. The zero-order valence-electron chi connectivity index (χ0n) is 10.4. The van der Waals surface area contributed by atoms with Gasteiger partial charge in [0.15, 0.2) is 0 Å². The molecule has 1 aromatic carbocycles. The lowest BCUT2D eigenvalue weighted by Crippen LogP contribution is -1.84. The molecule has 0 saturated heterocycles. The molecule has 0 N–H and O–H groups in total. The lowest BCUT2D eigenvalue weighted by Gasteiger charge is -2.03. The molecule has 0 atom stereocenters. The van der Waals surface area contributed by atoms with Gasteiger partial charge in [0.1, 0.15) is 0 Å². The SMILES string of the molecule is [2H]c1ccnc(-c2cccc(C3CC3)c2)c1[2H]. The van der Waals surface area contributed by atoms with Crippen molar-refractivity contribution in [2.45, 2.75) is 18.8 Å². The van der Waals surface area contributed by atoms with Crippen LogP contribution in [0.4, 0.5) is 0 Å². The van der Waals surface area contributed by atoms with Gasteiger partial charge in [0.05, 0.1) is 8.44 Å². The standard InChI is InChI=1S/C14H13N/c1-2-9-15-14(6-1)13-5-3-4-12(10-13)11-7-8-11/h1-6,9-11H,7-8H2/i1D,6D. The third-order valence-electron chi connectivity index (χ3n) is 2.76. The molecule has 1 nitrogen and oxygen atoms in total. The van der Waals surface area contributed by atoms with Gasteiger partial charge in [-0.15, -0.1) is 0 Å². The summed E-state index contributed by atoms with van der Waals surface area (Å²) < 4.78 is 15.5. The van der Waals surface area contributed by atoms with Crippen molar-refractivity contribution in [3.63, 3.8) is 0 Å². The number of hydrogen-bond acceptors (Lipinski definition) is 1. The van der Waals surface area contributed by atoms with Crippen molar-refractivity contribution in [3.8, 4) is 11.3 Å². The molecule has 1 aliphatic rings. The molecular weight excluding hydrogens is 182 g/mol. The van der Waals surface area contributed by atoms with E-state index in [9.17, 15) is 0 Å². The zero-order valence-corrected chi connectivity index (χ0v) is 8.40. The summed E-state index contributed by atoms with van der Waals surface area (Å²) in [5.74, 6) is 0.698. The van der Waals surface area contributed by atoms with Crippen molar-refractivity contribution in [1.82, 2.24) is 4.98 Å². The Bertz CT molecular complexity index is 562. The second-order valence-corrected chi connectivity index (χ2v) is 3.96. The number of benzene rings is 1. The van der Waals surface area contributed by atoms with E-state index in [1.165, 1.54) is 18.4 Å². The summed E-state index contributed by atoms with van der Waals surface area (Å²) in [6, 6.07) is 10.2. The van der Waals surface area contributed by atoms with Crippen molar-refractivity contribution in [2.75, 3.05) is 0 Å². The van der Waals surface area contributed by atoms with Crippen molar-refractivity contribution >= 4 is 0 Å². The first-order valence-electron chi connectivity index (χ1n) is 6.28. The van der Waals surface area contributed by atoms with E-state index in [0.717, 1.165) is 5.56 Å². The molecule has 1 aliphatic carbocycles. The molecule has 0 spiro atoms. The maximum atomic E-state index is 7.88. The third-order valence-corrected chi connectivity index (χ3v) is 2.76. The molecule has 0 aliphatic heterocycles. The summed E-state index contributed by atoms with van der Waals surface area (Å²) in [4.78, 5) is 4.22. The minimum Gasteiger partial charge on any atom is -0.256 e. The van der Waals surface area contributed by atoms with Crippen LogP contribution in [0, 0.1) is 0 Å². The normalized spacial score (nSPS) is 17.1. The van der Waals surface area contributed by atoms with Gasteiger partial charge in [-0.1, -0.05) is 24.2 Å². The first-order chi connectivity index (χ1) is 8.25. The third kappa shape index (κ3) is 1.78. The minimum atomic E-state index is 0.209. The second kappa shape index (κ2) is 3.50. The van der Waals surface area contributed by atoms with Gasteiger partial charge in [-0.05, 0) is 42.5 Å². The molecule has 0 unspecified atom stereocenters. The smallest absolute Gasteiger partial charge is 0.0702 e. The quantitative estimate of drug-likeness (QED) is 0.716. The van der Waals surface area contributed by atoms with Crippen molar-refractivity contribution in [2.24, 2.45) is 0 Å². The molecule has 15 heavy (non-hydrogen) atoms. The Morgan fingerprint density at radius 3 is 3.07 bits per heavy atom. The summed E-state index contributed by atoms with van der Waals surface area (Å²) in [5.41, 5.74) is 2.90. The molecule has 1 saturated carbocycles. The Morgan fingerprint density at radius 2 is 2.20 bits per heavy atom. The van der Waals surface area contributed by atoms with Crippen LogP contribution in [0.1, 0.15) is 27.1 Å². The number of rotatable bonds is 2. The van der Waals surface area contributed by atoms with E-state index in [0.29, 0.717) is 11.6 Å². The lowest BCUT2D eigenvalue weighted by atomic mass is 10.0. The van der Waals surface area contributed by atoms with Crippen LogP contribution in [-0.4, -0.2) is 4.98 Å². The van der Waals surface area contributed by atoms with E-state index >= 15 is 0 Å². The highest BCUT2D eigenvalue weighted by Crippen LogP contribution is 2.40. The molecule has 1 aromatic heterocycles. The highest BCUT2D eigenvalue weighted by Gasteiger charge is 2.23. The molecule has 1 heteroatoms. The number of aromatic nitrogens is 1. The Hall–Kier alpha value is -1.63. The van der Waals surface area contributed by atoms with Gasteiger partial charge in [-0.3, -0.25) is 4.98 Å². The average molecular weight is 197 g/mol.